The zero-order valence-electron chi connectivity index (χ0n) is 11.5. The predicted molar refractivity (Wildman–Crippen MR) is 76.0 cm³/mol. The van der Waals surface area contributed by atoms with Gasteiger partial charge in [0.2, 0.25) is 0 Å². The molecule has 2 heterocycles. The summed E-state index contributed by atoms with van der Waals surface area (Å²) in [5.41, 5.74) is 1.84. The molecule has 0 aromatic carbocycles. The summed E-state index contributed by atoms with van der Waals surface area (Å²) in [7, 11) is 1.87. The maximum absolute atomic E-state index is 4.64. The number of pyridine rings is 1. The molecule has 0 spiro atoms. The number of imidazole rings is 1. The van der Waals surface area contributed by atoms with E-state index in [2.05, 4.69) is 34.1 Å². The Labute approximate surface area is 108 Å². The van der Waals surface area contributed by atoms with Crippen molar-refractivity contribution in [3.63, 3.8) is 0 Å². The molecule has 0 aliphatic rings. The van der Waals surface area contributed by atoms with Gasteiger partial charge in [-0.25, -0.2) is 9.97 Å². The number of unbranched alkanes of at least 4 members (excludes halogenated alkanes) is 1. The van der Waals surface area contributed by atoms with Crippen LogP contribution in [0.2, 0.25) is 0 Å². The molecule has 0 saturated heterocycles. The van der Waals surface area contributed by atoms with Crippen LogP contribution in [0.5, 0.6) is 0 Å². The van der Waals surface area contributed by atoms with Crippen LogP contribution in [0.1, 0.15) is 51.3 Å². The number of nitrogens with zero attached hydrogens (tertiary/aromatic N) is 2. The van der Waals surface area contributed by atoms with Crippen molar-refractivity contribution in [1.82, 2.24) is 15.0 Å². The van der Waals surface area contributed by atoms with E-state index in [1.807, 2.05) is 19.2 Å². The number of nitrogens with one attached hydrogen (secondary N) is 2. The SMILES string of the molecule is CCCCC(CC)c1nc2nc(NC)ccc2[nH]1. The summed E-state index contributed by atoms with van der Waals surface area (Å²) < 4.78 is 0. The van der Waals surface area contributed by atoms with Crippen LogP contribution >= 0.6 is 0 Å². The zero-order valence-corrected chi connectivity index (χ0v) is 11.5. The number of anilines is 1. The Bertz CT molecular complexity index is 503. The van der Waals surface area contributed by atoms with E-state index in [0.29, 0.717) is 5.92 Å². The Kier molecular flexibility index (Phi) is 4.18. The smallest absolute Gasteiger partial charge is 0.179 e. The third kappa shape index (κ3) is 2.63. The molecule has 2 aromatic rings. The van der Waals surface area contributed by atoms with Crippen molar-refractivity contribution in [3.8, 4) is 0 Å². The monoisotopic (exact) mass is 246 g/mol. The Morgan fingerprint density at radius 1 is 1.28 bits per heavy atom. The first-order valence-electron chi connectivity index (χ1n) is 6.82. The van der Waals surface area contributed by atoms with Gasteiger partial charge in [0.1, 0.15) is 11.6 Å². The van der Waals surface area contributed by atoms with Gasteiger partial charge >= 0.3 is 0 Å². The van der Waals surface area contributed by atoms with Crippen LogP contribution in [-0.4, -0.2) is 22.0 Å². The molecule has 0 aliphatic heterocycles. The first-order chi connectivity index (χ1) is 8.78. The van der Waals surface area contributed by atoms with Crippen molar-refractivity contribution in [3.05, 3.63) is 18.0 Å². The summed E-state index contributed by atoms with van der Waals surface area (Å²) in [6.45, 7) is 4.45. The van der Waals surface area contributed by atoms with E-state index >= 15 is 0 Å². The maximum atomic E-state index is 4.64. The largest absolute Gasteiger partial charge is 0.373 e. The summed E-state index contributed by atoms with van der Waals surface area (Å²) in [6, 6.07) is 4.01. The quantitative estimate of drug-likeness (QED) is 0.817. The van der Waals surface area contributed by atoms with Gasteiger partial charge in [-0.1, -0.05) is 26.7 Å². The highest BCUT2D eigenvalue weighted by Gasteiger charge is 2.14. The predicted octanol–water partition coefficient (Wildman–Crippen LogP) is 3.68. The van der Waals surface area contributed by atoms with Gasteiger partial charge in [0.25, 0.3) is 0 Å². The van der Waals surface area contributed by atoms with Gasteiger partial charge in [0.05, 0.1) is 5.52 Å². The van der Waals surface area contributed by atoms with Crippen molar-refractivity contribution in [1.29, 1.82) is 0 Å². The lowest BCUT2D eigenvalue weighted by Crippen LogP contribution is -1.99. The third-order valence-electron chi connectivity index (χ3n) is 3.41. The molecule has 4 heteroatoms. The fourth-order valence-electron chi connectivity index (χ4n) is 2.23. The summed E-state index contributed by atoms with van der Waals surface area (Å²) in [5.74, 6) is 2.47. The summed E-state index contributed by atoms with van der Waals surface area (Å²) in [6.07, 6.45) is 4.81. The van der Waals surface area contributed by atoms with Crippen LogP contribution in [0, 0.1) is 0 Å². The van der Waals surface area contributed by atoms with E-state index in [1.165, 1.54) is 19.3 Å². The molecule has 4 nitrogen and oxygen atoms in total. The summed E-state index contributed by atoms with van der Waals surface area (Å²) in [5, 5.41) is 3.04. The lowest BCUT2D eigenvalue weighted by Gasteiger charge is -2.10. The first kappa shape index (κ1) is 12.9. The molecule has 0 fully saturated rings. The van der Waals surface area contributed by atoms with Gasteiger partial charge in [0.15, 0.2) is 5.65 Å². The highest BCUT2D eigenvalue weighted by molar-refractivity contribution is 5.72. The highest BCUT2D eigenvalue weighted by Crippen LogP contribution is 2.25. The standard InChI is InChI=1S/C14H22N4/c1-4-6-7-10(5-2)13-16-11-8-9-12(15-3)17-14(11)18-13/h8-10H,4-7H2,1-3H3,(H2,15,16,17,18). The van der Waals surface area contributed by atoms with Crippen LogP contribution in [-0.2, 0) is 0 Å². The van der Waals surface area contributed by atoms with Crippen molar-refractivity contribution in [2.45, 2.75) is 45.4 Å². The van der Waals surface area contributed by atoms with Gasteiger partial charge in [-0.15, -0.1) is 0 Å². The second-order valence-electron chi connectivity index (χ2n) is 4.69. The molecule has 0 radical (unpaired) electrons. The molecule has 98 valence electrons. The summed E-state index contributed by atoms with van der Waals surface area (Å²) in [4.78, 5) is 12.5. The molecular formula is C14H22N4. The van der Waals surface area contributed by atoms with Gasteiger partial charge in [-0.2, -0.15) is 0 Å². The topological polar surface area (TPSA) is 53.6 Å². The average Bonchev–Trinajstić information content (AvgIpc) is 2.82. The first-order valence-corrected chi connectivity index (χ1v) is 6.82. The van der Waals surface area contributed by atoms with Gasteiger partial charge in [-0.05, 0) is 25.0 Å². The fourth-order valence-corrected chi connectivity index (χ4v) is 2.23. The number of aromatic nitrogens is 3. The van der Waals surface area contributed by atoms with E-state index < -0.39 is 0 Å². The molecule has 0 bridgehead atoms. The number of hydrogen-bond donors (Lipinski definition) is 2. The molecule has 2 rings (SSSR count). The van der Waals surface area contributed by atoms with Crippen LogP contribution in [0.4, 0.5) is 5.82 Å². The molecule has 0 aliphatic carbocycles. The van der Waals surface area contributed by atoms with Gasteiger partial charge < -0.3 is 10.3 Å². The van der Waals surface area contributed by atoms with E-state index in [-0.39, 0.29) is 0 Å². The third-order valence-corrected chi connectivity index (χ3v) is 3.41. The maximum Gasteiger partial charge on any atom is 0.179 e. The second-order valence-corrected chi connectivity index (χ2v) is 4.69. The van der Waals surface area contributed by atoms with Crippen LogP contribution in [0.25, 0.3) is 11.2 Å². The molecular weight excluding hydrogens is 224 g/mol. The highest BCUT2D eigenvalue weighted by atomic mass is 15.0. The Morgan fingerprint density at radius 3 is 2.78 bits per heavy atom. The van der Waals surface area contributed by atoms with Crippen molar-refractivity contribution in [2.24, 2.45) is 0 Å². The van der Waals surface area contributed by atoms with Gasteiger partial charge in [0, 0.05) is 13.0 Å². The van der Waals surface area contributed by atoms with Crippen molar-refractivity contribution < 1.29 is 0 Å². The number of fused-ring (bicyclic) bond motifs is 1. The minimum atomic E-state index is 0.525. The van der Waals surface area contributed by atoms with Crippen LogP contribution < -0.4 is 5.32 Å². The van der Waals surface area contributed by atoms with E-state index in [9.17, 15) is 0 Å². The fraction of sp³-hybridized carbons (Fsp3) is 0.571. The van der Waals surface area contributed by atoms with Crippen molar-refractivity contribution in [2.75, 3.05) is 12.4 Å². The van der Waals surface area contributed by atoms with E-state index in [0.717, 1.165) is 29.2 Å². The Morgan fingerprint density at radius 2 is 2.11 bits per heavy atom. The van der Waals surface area contributed by atoms with E-state index in [1.54, 1.807) is 0 Å². The van der Waals surface area contributed by atoms with Crippen LogP contribution in [0.3, 0.4) is 0 Å². The Balaban J connectivity index is 2.27. The molecule has 1 unspecified atom stereocenters. The lowest BCUT2D eigenvalue weighted by molar-refractivity contribution is 0.549. The Hall–Kier alpha value is -1.58. The minimum absolute atomic E-state index is 0.525. The molecule has 0 saturated carbocycles. The van der Waals surface area contributed by atoms with E-state index in [4.69, 9.17) is 0 Å². The van der Waals surface area contributed by atoms with Crippen LogP contribution in [0.15, 0.2) is 12.1 Å². The normalized spacial score (nSPS) is 12.8. The molecule has 0 amide bonds. The summed E-state index contributed by atoms with van der Waals surface area (Å²) >= 11 is 0. The number of rotatable bonds is 6. The molecule has 2 aromatic heterocycles. The number of hydrogen-bond acceptors (Lipinski definition) is 3. The second kappa shape index (κ2) is 5.85. The number of H-pyrrole nitrogens is 1. The van der Waals surface area contributed by atoms with Crippen molar-refractivity contribution >= 4 is 17.0 Å². The molecule has 1 atom stereocenters. The van der Waals surface area contributed by atoms with Gasteiger partial charge in [-0.3, -0.25) is 0 Å². The zero-order chi connectivity index (χ0) is 13.0. The lowest BCUT2D eigenvalue weighted by atomic mass is 9.99. The number of aromatic amines is 1. The molecule has 18 heavy (non-hydrogen) atoms. The minimum Gasteiger partial charge on any atom is -0.373 e. The average molecular weight is 246 g/mol. The molecule has 2 N–H and O–H groups in total.